The zero-order valence-corrected chi connectivity index (χ0v) is 24.1. The molecule has 0 radical (unpaired) electrons. The Bertz CT molecular complexity index is 1480. The maximum Gasteiger partial charge on any atom is 0.228 e. The topological polar surface area (TPSA) is 102 Å². The number of carbonyl (C=O) groups excluding carboxylic acids is 2. The predicted molar refractivity (Wildman–Crippen MR) is 161 cm³/mol. The van der Waals surface area contributed by atoms with Crippen molar-refractivity contribution in [2.75, 3.05) is 31.0 Å². The minimum Gasteiger partial charge on any atom is -0.381 e. The monoisotopic (exact) mass is 570 g/mol. The molecule has 2 N–H and O–H groups in total. The quantitative estimate of drug-likeness (QED) is 0.173. The number of pyridine rings is 2. The van der Waals surface area contributed by atoms with Gasteiger partial charge in [0.2, 0.25) is 5.91 Å². The molecular weight excluding hydrogens is 535 g/mol. The van der Waals surface area contributed by atoms with Crippen molar-refractivity contribution in [3.8, 4) is 23.0 Å². The second-order valence-electron chi connectivity index (χ2n) is 10.4. The number of halogens is 1. The van der Waals surface area contributed by atoms with Gasteiger partial charge in [-0.1, -0.05) is 11.5 Å². The molecule has 0 bridgehead atoms. The number of hydrogen-bond acceptors (Lipinski definition) is 7. The highest BCUT2D eigenvalue weighted by atomic mass is 19.1. The summed E-state index contributed by atoms with van der Waals surface area (Å²) in [7, 11) is 1.71. The average molecular weight is 571 g/mol. The van der Waals surface area contributed by atoms with Gasteiger partial charge in [0.1, 0.15) is 36.4 Å². The van der Waals surface area contributed by atoms with Crippen molar-refractivity contribution in [1.82, 2.24) is 9.97 Å². The molecule has 1 aliphatic carbocycles. The number of nitrogens with one attached hydrogen (secondary N) is 2. The Hall–Kier alpha value is -4.39. The molecule has 4 rings (SSSR count). The molecule has 0 atom stereocenters. The largest absolute Gasteiger partial charge is 0.381 e. The molecule has 1 aromatic carbocycles. The van der Waals surface area contributed by atoms with Gasteiger partial charge in [-0.15, -0.1) is 0 Å². The number of ether oxygens (including phenoxy) is 2. The van der Waals surface area contributed by atoms with Gasteiger partial charge in [-0.3, -0.25) is 9.59 Å². The molecule has 42 heavy (non-hydrogen) atoms. The number of carbonyl (C=O) groups is 2. The molecule has 1 saturated carbocycles. The van der Waals surface area contributed by atoms with E-state index in [1.165, 1.54) is 18.2 Å². The van der Waals surface area contributed by atoms with Crippen LogP contribution in [0, 0.1) is 23.6 Å². The second-order valence-corrected chi connectivity index (χ2v) is 10.4. The van der Waals surface area contributed by atoms with Gasteiger partial charge in [0.25, 0.3) is 0 Å². The van der Waals surface area contributed by atoms with Crippen molar-refractivity contribution in [3.63, 3.8) is 0 Å². The molecule has 0 aliphatic heterocycles. The van der Waals surface area contributed by atoms with E-state index in [1.54, 1.807) is 25.4 Å². The summed E-state index contributed by atoms with van der Waals surface area (Å²) >= 11 is 0. The molecular formula is C33H35FN4O4. The van der Waals surface area contributed by atoms with Crippen LogP contribution in [0.25, 0.3) is 11.1 Å². The first-order valence-electron chi connectivity index (χ1n) is 13.9. The van der Waals surface area contributed by atoms with Crippen molar-refractivity contribution in [1.29, 1.82) is 0 Å². The highest BCUT2D eigenvalue weighted by molar-refractivity contribution is 5.92. The normalized spacial score (nSPS) is 16.1. The number of nitrogens with zero attached hydrogens (tertiary/aromatic N) is 2. The van der Waals surface area contributed by atoms with Crippen molar-refractivity contribution in [2.24, 2.45) is 5.92 Å². The standard InChI is InChI=1S/C33H35FN4O4/c1-22(2)17-29(39)21-42-16-4-5-28-18-25(20-32(37-28)36-27-10-8-26(34)9-11-27)24-14-15-35-31(19-24)38-33(40)23-6-12-30(41-3)13-7-23/h8-11,14-15,17-20,23,30H,6-7,12-13,16,21H2,1-3H3,(H,36,37)(H,35,38,40)/t23-,30+. The van der Waals surface area contributed by atoms with Gasteiger partial charge in [-0.25, -0.2) is 14.4 Å². The van der Waals surface area contributed by atoms with E-state index < -0.39 is 0 Å². The molecule has 0 unspecified atom stereocenters. The van der Waals surface area contributed by atoms with Crippen LogP contribution < -0.4 is 10.6 Å². The molecule has 218 valence electrons. The Morgan fingerprint density at radius 3 is 2.48 bits per heavy atom. The Labute approximate surface area is 245 Å². The highest BCUT2D eigenvalue weighted by Crippen LogP contribution is 2.29. The molecule has 1 aliphatic rings. The van der Waals surface area contributed by atoms with E-state index in [1.807, 2.05) is 38.1 Å². The van der Waals surface area contributed by atoms with Crippen LogP contribution in [0.2, 0.25) is 0 Å². The van der Waals surface area contributed by atoms with Gasteiger partial charge in [0.05, 0.1) is 6.10 Å². The summed E-state index contributed by atoms with van der Waals surface area (Å²) in [6, 6.07) is 13.3. The third-order valence-electron chi connectivity index (χ3n) is 6.75. The number of methoxy groups -OCH3 is 1. The van der Waals surface area contributed by atoms with E-state index in [0.29, 0.717) is 23.0 Å². The number of rotatable bonds is 10. The summed E-state index contributed by atoms with van der Waals surface area (Å²) in [6.45, 7) is 3.71. The third-order valence-corrected chi connectivity index (χ3v) is 6.75. The van der Waals surface area contributed by atoms with E-state index in [-0.39, 0.29) is 42.7 Å². The fraction of sp³-hybridized carbons (Fsp3) is 0.333. The van der Waals surface area contributed by atoms with E-state index in [0.717, 1.165) is 42.4 Å². The average Bonchev–Trinajstić information content (AvgIpc) is 2.98. The number of ketones is 1. The van der Waals surface area contributed by atoms with Crippen LogP contribution in [0.3, 0.4) is 0 Å². The molecule has 9 heteroatoms. The van der Waals surface area contributed by atoms with Crippen LogP contribution in [-0.2, 0) is 19.1 Å². The highest BCUT2D eigenvalue weighted by Gasteiger charge is 2.26. The molecule has 2 heterocycles. The molecule has 0 saturated heterocycles. The fourth-order valence-electron chi connectivity index (χ4n) is 4.67. The van der Waals surface area contributed by atoms with Gasteiger partial charge in [-0.05, 0) is 111 Å². The Morgan fingerprint density at radius 1 is 1.02 bits per heavy atom. The molecule has 1 fully saturated rings. The van der Waals surface area contributed by atoms with Gasteiger partial charge < -0.3 is 20.1 Å². The van der Waals surface area contributed by atoms with Crippen LogP contribution in [0.1, 0.15) is 45.2 Å². The summed E-state index contributed by atoms with van der Waals surface area (Å²) < 4.78 is 24.2. The molecule has 8 nitrogen and oxygen atoms in total. The number of anilines is 3. The van der Waals surface area contributed by atoms with Gasteiger partial charge in [0, 0.05) is 24.9 Å². The summed E-state index contributed by atoms with van der Waals surface area (Å²) in [5.74, 6) is 6.28. The Morgan fingerprint density at radius 2 is 1.76 bits per heavy atom. The lowest BCUT2D eigenvalue weighted by Crippen LogP contribution is -2.29. The van der Waals surface area contributed by atoms with Gasteiger partial charge in [-0.2, -0.15) is 0 Å². The molecule has 0 spiro atoms. The van der Waals surface area contributed by atoms with Crippen molar-refractivity contribution in [3.05, 3.63) is 77.9 Å². The maximum atomic E-state index is 13.4. The second kappa shape index (κ2) is 15.0. The Kier molecular flexibility index (Phi) is 10.9. The molecule has 1 amide bonds. The van der Waals surface area contributed by atoms with Crippen LogP contribution in [0.4, 0.5) is 21.7 Å². The fourth-order valence-corrected chi connectivity index (χ4v) is 4.67. The summed E-state index contributed by atoms with van der Waals surface area (Å²) in [5, 5.41) is 6.16. The summed E-state index contributed by atoms with van der Waals surface area (Å²) in [6.07, 6.45) is 6.68. The predicted octanol–water partition coefficient (Wildman–Crippen LogP) is 6.07. The minimum atomic E-state index is -0.338. The number of benzene rings is 1. The van der Waals surface area contributed by atoms with Crippen LogP contribution in [-0.4, -0.2) is 48.1 Å². The number of aromatic nitrogens is 2. The van der Waals surface area contributed by atoms with E-state index in [4.69, 9.17) is 9.47 Å². The third kappa shape index (κ3) is 9.33. The van der Waals surface area contributed by atoms with Crippen LogP contribution in [0.15, 0.2) is 66.4 Å². The number of hydrogen-bond donors (Lipinski definition) is 2. The van der Waals surface area contributed by atoms with Crippen molar-refractivity contribution >= 4 is 29.0 Å². The van der Waals surface area contributed by atoms with Gasteiger partial charge in [0.15, 0.2) is 5.78 Å². The van der Waals surface area contributed by atoms with Crippen LogP contribution in [0.5, 0.6) is 0 Å². The lowest BCUT2D eigenvalue weighted by molar-refractivity contribution is -0.121. The van der Waals surface area contributed by atoms with E-state index >= 15 is 0 Å². The lowest BCUT2D eigenvalue weighted by atomic mass is 9.87. The Balaban J connectivity index is 1.52. The summed E-state index contributed by atoms with van der Waals surface area (Å²) in [5.41, 5.74) is 3.63. The smallest absolute Gasteiger partial charge is 0.228 e. The minimum absolute atomic E-state index is 0.0442. The number of allylic oxidation sites excluding steroid dienone is 1. The van der Waals surface area contributed by atoms with E-state index in [9.17, 15) is 14.0 Å². The SMILES string of the molecule is CO[C@H]1CC[C@@H](C(=O)Nc2cc(-c3cc(C#CCOCC(=O)C=C(C)C)nc(Nc4ccc(F)cc4)c3)ccn2)CC1. The summed E-state index contributed by atoms with van der Waals surface area (Å²) in [4.78, 5) is 33.7. The first-order chi connectivity index (χ1) is 20.3. The zero-order chi connectivity index (χ0) is 29.9. The first-order valence-corrected chi connectivity index (χ1v) is 13.9. The maximum absolute atomic E-state index is 13.4. The zero-order valence-electron chi connectivity index (χ0n) is 24.1. The van der Waals surface area contributed by atoms with Crippen molar-refractivity contribution in [2.45, 2.75) is 45.6 Å². The van der Waals surface area contributed by atoms with E-state index in [2.05, 4.69) is 32.4 Å². The van der Waals surface area contributed by atoms with Gasteiger partial charge >= 0.3 is 0 Å². The molecule has 2 aromatic heterocycles. The molecule has 3 aromatic rings. The first kappa shape index (κ1) is 30.6. The van der Waals surface area contributed by atoms with Crippen LogP contribution >= 0.6 is 0 Å². The number of amides is 1. The van der Waals surface area contributed by atoms with Crippen molar-refractivity contribution < 1.29 is 23.5 Å². The lowest BCUT2D eigenvalue weighted by Gasteiger charge is -2.26.